The van der Waals surface area contributed by atoms with Gasteiger partial charge in [0, 0.05) is 31.2 Å². The number of H-pyrrole nitrogens is 1. The number of aliphatic hydroxyl groups excluding tert-OH is 1. The number of aromatic nitrogens is 4. The molecule has 1 aromatic carbocycles. The minimum atomic E-state index is -0.771. The second-order valence-electron chi connectivity index (χ2n) is 6.49. The van der Waals surface area contributed by atoms with Crippen LogP contribution in [0.4, 0.5) is 0 Å². The monoisotopic (exact) mass is 386 g/mol. The number of nitrogens with zero attached hydrogens (tertiary/aromatic N) is 3. The summed E-state index contributed by atoms with van der Waals surface area (Å²) in [6.07, 6.45) is 1.53. The molecule has 0 aliphatic carbocycles. The van der Waals surface area contributed by atoms with Crippen molar-refractivity contribution < 1.29 is 19.4 Å². The average Bonchev–Trinajstić information content (AvgIpc) is 2.69. The van der Waals surface area contributed by atoms with Crippen LogP contribution in [0.25, 0.3) is 22.6 Å². The van der Waals surface area contributed by atoms with Crippen molar-refractivity contribution in [3.05, 3.63) is 33.0 Å². The summed E-state index contributed by atoms with van der Waals surface area (Å²) in [6.45, 7) is 1.02. The van der Waals surface area contributed by atoms with E-state index in [4.69, 9.17) is 14.6 Å². The number of nitrogens with one attached hydrogen (secondary N) is 1. The Balaban J connectivity index is 1.92. The van der Waals surface area contributed by atoms with Gasteiger partial charge in [-0.25, -0.2) is 9.78 Å². The molecule has 146 valence electrons. The SMILES string of the molecule is O=CC(CCO)CCn1c2nc(=O)[nH]c(=O)c-2nc2cc3c(cc21)OCCO3. The van der Waals surface area contributed by atoms with E-state index in [1.165, 1.54) is 0 Å². The van der Waals surface area contributed by atoms with Crippen molar-refractivity contribution in [1.82, 2.24) is 19.5 Å². The molecule has 2 N–H and O–H groups in total. The number of carbonyl (C=O) groups is 1. The molecule has 1 unspecified atom stereocenters. The summed E-state index contributed by atoms with van der Waals surface area (Å²) in [4.78, 5) is 45.7. The predicted octanol–water partition coefficient (Wildman–Crippen LogP) is -0.0566. The summed E-state index contributed by atoms with van der Waals surface area (Å²) in [7, 11) is 0. The van der Waals surface area contributed by atoms with Gasteiger partial charge in [0.25, 0.3) is 5.56 Å². The van der Waals surface area contributed by atoms with Crippen molar-refractivity contribution >= 4 is 17.3 Å². The second kappa shape index (κ2) is 7.39. The Hall–Kier alpha value is -3.27. The number of hydrogen-bond acceptors (Lipinski definition) is 8. The van der Waals surface area contributed by atoms with Gasteiger partial charge < -0.3 is 23.9 Å². The molecule has 0 saturated heterocycles. The van der Waals surface area contributed by atoms with Crippen LogP contribution in [0, 0.1) is 5.92 Å². The van der Waals surface area contributed by atoms with Gasteiger partial charge in [0.05, 0.1) is 11.0 Å². The molecule has 0 aromatic heterocycles. The Labute approximate surface area is 158 Å². The summed E-state index contributed by atoms with van der Waals surface area (Å²) >= 11 is 0. The quantitative estimate of drug-likeness (QED) is 0.444. The third-order valence-corrected chi connectivity index (χ3v) is 4.69. The molecule has 0 radical (unpaired) electrons. The summed E-state index contributed by atoms with van der Waals surface area (Å²) in [5, 5.41) is 9.11. The number of aromatic amines is 1. The van der Waals surface area contributed by atoms with Crippen LogP contribution in [-0.4, -0.2) is 50.7 Å². The number of aliphatic hydroxyl groups is 1. The Kier molecular flexibility index (Phi) is 4.78. The van der Waals surface area contributed by atoms with Gasteiger partial charge in [-0.15, -0.1) is 0 Å². The van der Waals surface area contributed by atoms with Crippen molar-refractivity contribution in [3.63, 3.8) is 0 Å². The molecule has 0 fully saturated rings. The van der Waals surface area contributed by atoms with Crippen LogP contribution < -0.4 is 20.7 Å². The smallest absolute Gasteiger partial charge is 0.349 e. The Morgan fingerprint density at radius 3 is 2.64 bits per heavy atom. The van der Waals surface area contributed by atoms with Gasteiger partial charge in [0.1, 0.15) is 19.5 Å². The van der Waals surface area contributed by atoms with Crippen LogP contribution in [0.3, 0.4) is 0 Å². The first-order valence-electron chi connectivity index (χ1n) is 8.91. The lowest BCUT2D eigenvalue weighted by Crippen LogP contribution is -2.29. The fourth-order valence-corrected chi connectivity index (χ4v) is 3.30. The molecule has 0 spiro atoms. The number of carbonyl (C=O) groups excluding carboxylic acids is 1. The second-order valence-corrected chi connectivity index (χ2v) is 6.49. The van der Waals surface area contributed by atoms with Crippen molar-refractivity contribution in [2.75, 3.05) is 19.8 Å². The van der Waals surface area contributed by atoms with Gasteiger partial charge in [-0.3, -0.25) is 9.78 Å². The number of rotatable bonds is 6. The van der Waals surface area contributed by atoms with Crippen LogP contribution in [0.1, 0.15) is 12.8 Å². The molecular weight excluding hydrogens is 368 g/mol. The first kappa shape index (κ1) is 18.1. The lowest BCUT2D eigenvalue weighted by atomic mass is 10.0. The van der Waals surface area contributed by atoms with Gasteiger partial charge in [-0.1, -0.05) is 0 Å². The zero-order chi connectivity index (χ0) is 19.7. The summed E-state index contributed by atoms with van der Waals surface area (Å²) in [5.74, 6) is 0.824. The van der Waals surface area contributed by atoms with Crippen LogP contribution in [0.2, 0.25) is 0 Å². The number of benzene rings is 1. The maximum absolute atomic E-state index is 12.3. The van der Waals surface area contributed by atoms with Gasteiger partial charge >= 0.3 is 5.69 Å². The molecule has 0 amide bonds. The van der Waals surface area contributed by atoms with E-state index in [1.54, 1.807) is 16.7 Å². The number of ether oxygens (including phenoxy) is 2. The highest BCUT2D eigenvalue weighted by Gasteiger charge is 2.22. The van der Waals surface area contributed by atoms with E-state index in [0.29, 0.717) is 55.1 Å². The van der Waals surface area contributed by atoms with Gasteiger partial charge in [0.15, 0.2) is 23.0 Å². The molecule has 1 atom stereocenters. The number of aryl methyl sites for hydroxylation is 1. The topological polar surface area (TPSA) is 136 Å². The molecule has 4 rings (SSSR count). The third kappa shape index (κ3) is 3.22. The average molecular weight is 386 g/mol. The lowest BCUT2D eigenvalue weighted by Gasteiger charge is -2.22. The number of hydrogen-bond donors (Lipinski definition) is 2. The zero-order valence-electron chi connectivity index (χ0n) is 14.9. The van der Waals surface area contributed by atoms with Crippen molar-refractivity contribution in [3.8, 4) is 23.0 Å². The van der Waals surface area contributed by atoms with Gasteiger partial charge in [0.2, 0.25) is 0 Å². The highest BCUT2D eigenvalue weighted by molar-refractivity contribution is 5.83. The summed E-state index contributed by atoms with van der Waals surface area (Å²) in [5.41, 5.74) is -0.306. The Morgan fingerprint density at radius 1 is 1.18 bits per heavy atom. The largest absolute Gasteiger partial charge is 0.486 e. The molecule has 3 heterocycles. The van der Waals surface area contributed by atoms with E-state index in [1.807, 2.05) is 0 Å². The van der Waals surface area contributed by atoms with Crippen molar-refractivity contribution in [1.29, 1.82) is 0 Å². The highest BCUT2D eigenvalue weighted by atomic mass is 16.6. The molecule has 1 aromatic rings. The standard InChI is InChI=1S/C18H18N4O6/c23-4-2-10(9-24)1-3-22-12-8-14-13(27-5-6-28-14)7-11(12)19-15-16(22)20-18(26)21-17(15)25/h7-10,23H,1-6H2,(H,21,25,26). The number of fused-ring (bicyclic) bond motifs is 3. The molecule has 10 heteroatoms. The van der Waals surface area contributed by atoms with Crippen LogP contribution in [0.5, 0.6) is 11.5 Å². The third-order valence-electron chi connectivity index (χ3n) is 4.69. The molecule has 0 bridgehead atoms. The molecule has 3 aliphatic rings. The first-order chi connectivity index (χ1) is 13.6. The lowest BCUT2D eigenvalue weighted by molar-refractivity contribution is -0.111. The summed E-state index contributed by atoms with van der Waals surface area (Å²) < 4.78 is 12.9. The fourth-order valence-electron chi connectivity index (χ4n) is 3.30. The maximum Gasteiger partial charge on any atom is 0.349 e. The van der Waals surface area contributed by atoms with Crippen LogP contribution in [0.15, 0.2) is 21.7 Å². The van der Waals surface area contributed by atoms with E-state index in [9.17, 15) is 14.4 Å². The summed E-state index contributed by atoms with van der Waals surface area (Å²) in [6, 6.07) is 3.40. The van der Waals surface area contributed by atoms with Crippen LogP contribution >= 0.6 is 0 Å². The zero-order valence-corrected chi connectivity index (χ0v) is 14.9. The molecular formula is C18H18N4O6. The maximum atomic E-state index is 12.3. The van der Waals surface area contributed by atoms with E-state index in [0.717, 1.165) is 6.29 Å². The van der Waals surface area contributed by atoms with Crippen molar-refractivity contribution in [2.45, 2.75) is 19.4 Å². The Morgan fingerprint density at radius 2 is 1.93 bits per heavy atom. The molecule has 10 nitrogen and oxygen atoms in total. The molecule has 28 heavy (non-hydrogen) atoms. The van der Waals surface area contributed by atoms with Gasteiger partial charge in [-0.2, -0.15) is 4.98 Å². The normalized spacial score (nSPS) is 14.3. The van der Waals surface area contributed by atoms with E-state index in [-0.39, 0.29) is 24.0 Å². The van der Waals surface area contributed by atoms with Crippen LogP contribution in [-0.2, 0) is 11.3 Å². The first-order valence-corrected chi connectivity index (χ1v) is 8.91. The highest BCUT2D eigenvalue weighted by Crippen LogP contribution is 2.35. The molecule has 3 aliphatic heterocycles. The van der Waals surface area contributed by atoms with E-state index >= 15 is 0 Å². The Bertz CT molecular complexity index is 1120. The van der Waals surface area contributed by atoms with E-state index < -0.39 is 11.2 Å². The van der Waals surface area contributed by atoms with Gasteiger partial charge in [-0.05, 0) is 12.8 Å². The minimum Gasteiger partial charge on any atom is -0.486 e. The molecule has 0 saturated carbocycles. The number of aldehydes is 1. The predicted molar refractivity (Wildman–Crippen MR) is 97.9 cm³/mol. The van der Waals surface area contributed by atoms with E-state index in [2.05, 4.69) is 15.0 Å². The van der Waals surface area contributed by atoms with Crippen molar-refractivity contribution in [2.24, 2.45) is 5.92 Å². The fraction of sp³-hybridized carbons (Fsp3) is 0.389. The minimum absolute atomic E-state index is 0.0218.